The fraction of sp³-hybridized carbons (Fsp3) is 0.867. The van der Waals surface area contributed by atoms with E-state index >= 15 is 0 Å². The molecule has 0 aromatic carbocycles. The molecule has 0 aromatic heterocycles. The minimum atomic E-state index is -0.982. The van der Waals surface area contributed by atoms with Crippen LogP contribution in [0.3, 0.4) is 0 Å². The van der Waals surface area contributed by atoms with Crippen LogP contribution in [0.4, 0.5) is 0 Å². The summed E-state index contributed by atoms with van der Waals surface area (Å²) in [4.78, 5) is 25.3. The van der Waals surface area contributed by atoms with E-state index in [4.69, 9.17) is 9.84 Å². The smallest absolute Gasteiger partial charge is 0.334 e. The normalized spacial score (nSPS) is 34.8. The van der Waals surface area contributed by atoms with Crippen LogP contribution < -0.4 is 0 Å². The lowest BCUT2D eigenvalue weighted by Crippen LogP contribution is -2.53. The van der Waals surface area contributed by atoms with Gasteiger partial charge in [-0.1, -0.05) is 13.3 Å². The Morgan fingerprint density at radius 2 is 1.85 bits per heavy atom. The molecule has 1 saturated carbocycles. The minimum absolute atomic E-state index is 0.0811. The Kier molecular flexibility index (Phi) is 5.02. The van der Waals surface area contributed by atoms with E-state index in [0.29, 0.717) is 6.54 Å². The van der Waals surface area contributed by atoms with Gasteiger partial charge >= 0.3 is 5.97 Å². The average Bonchev–Trinajstić information content (AvgIpc) is 2.46. The first kappa shape index (κ1) is 15.3. The Balaban J connectivity index is 1.93. The topological polar surface area (TPSA) is 66.8 Å². The zero-order valence-electron chi connectivity index (χ0n) is 12.4. The predicted molar refractivity (Wildman–Crippen MR) is 74.3 cm³/mol. The summed E-state index contributed by atoms with van der Waals surface area (Å²) < 4.78 is 5.36. The second-order valence-corrected chi connectivity index (χ2v) is 6.14. The SMILES string of the molecule is CCC1CCC(C(=O)N2CC(C(=O)O)O[C@H](C)C2)CC1. The van der Waals surface area contributed by atoms with Crippen LogP contribution in [0.25, 0.3) is 0 Å². The van der Waals surface area contributed by atoms with Crippen molar-refractivity contribution >= 4 is 11.9 Å². The van der Waals surface area contributed by atoms with Crippen molar-refractivity contribution in [2.75, 3.05) is 13.1 Å². The number of hydrogen-bond acceptors (Lipinski definition) is 3. The van der Waals surface area contributed by atoms with Gasteiger partial charge in [0.15, 0.2) is 6.10 Å². The van der Waals surface area contributed by atoms with Crippen LogP contribution in [0.2, 0.25) is 0 Å². The van der Waals surface area contributed by atoms with Crippen LogP contribution in [-0.2, 0) is 14.3 Å². The summed E-state index contributed by atoms with van der Waals surface area (Å²) in [6.07, 6.45) is 4.23. The molecule has 1 aliphatic heterocycles. The molecule has 2 atom stereocenters. The highest BCUT2D eigenvalue weighted by atomic mass is 16.5. The van der Waals surface area contributed by atoms with Gasteiger partial charge in [0.05, 0.1) is 12.6 Å². The molecular formula is C15H25NO4. The lowest BCUT2D eigenvalue weighted by Gasteiger charge is -2.38. The molecule has 5 heteroatoms. The molecule has 20 heavy (non-hydrogen) atoms. The average molecular weight is 283 g/mol. The predicted octanol–water partition coefficient (Wildman–Crippen LogP) is 1.90. The molecule has 0 bridgehead atoms. The maximum Gasteiger partial charge on any atom is 0.334 e. The Bertz CT molecular complexity index is 363. The highest BCUT2D eigenvalue weighted by Gasteiger charge is 2.36. The third-order valence-corrected chi connectivity index (χ3v) is 4.62. The zero-order valence-corrected chi connectivity index (χ0v) is 12.4. The first-order valence-corrected chi connectivity index (χ1v) is 7.68. The summed E-state index contributed by atoms with van der Waals surface area (Å²) in [5.74, 6) is -0.0167. The Morgan fingerprint density at radius 3 is 2.40 bits per heavy atom. The zero-order chi connectivity index (χ0) is 14.7. The summed E-state index contributed by atoms with van der Waals surface area (Å²) in [6, 6.07) is 0. The molecule has 1 N–H and O–H groups in total. The molecule has 114 valence electrons. The number of carbonyl (C=O) groups is 2. The standard InChI is InChI=1S/C15H25NO4/c1-3-11-4-6-12(7-5-11)14(17)16-8-10(2)20-13(9-16)15(18)19/h10-13H,3-9H2,1-2H3,(H,18,19)/t10-,11?,12?,13?/m1/s1. The van der Waals surface area contributed by atoms with Crippen molar-refractivity contribution in [1.82, 2.24) is 4.90 Å². The molecule has 1 unspecified atom stereocenters. The number of morpholine rings is 1. The number of ether oxygens (including phenoxy) is 1. The number of amides is 1. The summed E-state index contributed by atoms with van der Waals surface area (Å²) >= 11 is 0. The molecule has 0 radical (unpaired) electrons. The lowest BCUT2D eigenvalue weighted by atomic mass is 9.80. The number of nitrogens with zero attached hydrogens (tertiary/aromatic N) is 1. The number of carboxylic acid groups (broad SMARTS) is 1. The van der Waals surface area contributed by atoms with Crippen molar-refractivity contribution in [1.29, 1.82) is 0 Å². The number of aliphatic carboxylic acids is 1. The second kappa shape index (κ2) is 6.57. The van der Waals surface area contributed by atoms with E-state index in [1.54, 1.807) is 4.90 Å². The maximum atomic E-state index is 12.5. The van der Waals surface area contributed by atoms with Crippen molar-refractivity contribution in [2.45, 2.75) is 58.2 Å². The third-order valence-electron chi connectivity index (χ3n) is 4.62. The molecule has 5 nitrogen and oxygen atoms in total. The molecule has 2 aliphatic rings. The third kappa shape index (κ3) is 3.51. The van der Waals surface area contributed by atoms with Crippen LogP contribution in [-0.4, -0.2) is 47.2 Å². The van der Waals surface area contributed by atoms with Gasteiger partial charge < -0.3 is 14.7 Å². The lowest BCUT2D eigenvalue weighted by molar-refractivity contribution is -0.168. The number of rotatable bonds is 3. The summed E-state index contributed by atoms with van der Waals surface area (Å²) in [5, 5.41) is 9.07. The fourth-order valence-corrected chi connectivity index (χ4v) is 3.34. The quantitative estimate of drug-likeness (QED) is 0.859. The van der Waals surface area contributed by atoms with Gasteiger partial charge in [-0.25, -0.2) is 4.79 Å². The van der Waals surface area contributed by atoms with Crippen LogP contribution in [0.5, 0.6) is 0 Å². The molecular weight excluding hydrogens is 258 g/mol. The Hall–Kier alpha value is -1.10. The maximum absolute atomic E-state index is 12.5. The van der Waals surface area contributed by atoms with E-state index in [1.165, 1.54) is 6.42 Å². The van der Waals surface area contributed by atoms with Gasteiger partial charge in [-0.2, -0.15) is 0 Å². The number of hydrogen-bond donors (Lipinski definition) is 1. The molecule has 2 fully saturated rings. The monoisotopic (exact) mass is 283 g/mol. The molecule has 2 rings (SSSR count). The number of carbonyl (C=O) groups excluding carboxylic acids is 1. The fourth-order valence-electron chi connectivity index (χ4n) is 3.34. The van der Waals surface area contributed by atoms with E-state index in [2.05, 4.69) is 6.92 Å². The molecule has 0 aromatic rings. The van der Waals surface area contributed by atoms with Crippen molar-refractivity contribution in [3.05, 3.63) is 0 Å². The van der Waals surface area contributed by atoms with Gasteiger partial charge in [0.25, 0.3) is 0 Å². The van der Waals surface area contributed by atoms with E-state index in [1.807, 2.05) is 6.92 Å². The van der Waals surface area contributed by atoms with Crippen molar-refractivity contribution < 1.29 is 19.4 Å². The van der Waals surface area contributed by atoms with E-state index in [9.17, 15) is 9.59 Å². The first-order valence-electron chi connectivity index (χ1n) is 7.68. The van der Waals surface area contributed by atoms with Gasteiger partial charge in [-0.15, -0.1) is 0 Å². The van der Waals surface area contributed by atoms with Crippen LogP contribution >= 0.6 is 0 Å². The van der Waals surface area contributed by atoms with E-state index in [-0.39, 0.29) is 24.5 Å². The Labute approximate surface area is 120 Å². The van der Waals surface area contributed by atoms with Crippen molar-refractivity contribution in [2.24, 2.45) is 11.8 Å². The molecule has 1 amide bonds. The first-order chi connectivity index (χ1) is 9.51. The molecule has 1 heterocycles. The highest BCUT2D eigenvalue weighted by Crippen LogP contribution is 2.32. The van der Waals surface area contributed by atoms with Gasteiger partial charge in [0.2, 0.25) is 5.91 Å². The van der Waals surface area contributed by atoms with Gasteiger partial charge in [-0.3, -0.25) is 4.79 Å². The minimum Gasteiger partial charge on any atom is -0.479 e. The van der Waals surface area contributed by atoms with Crippen LogP contribution in [0.15, 0.2) is 0 Å². The number of carboxylic acids is 1. The van der Waals surface area contributed by atoms with E-state index in [0.717, 1.165) is 31.6 Å². The molecule has 1 aliphatic carbocycles. The highest BCUT2D eigenvalue weighted by molar-refractivity contribution is 5.80. The summed E-state index contributed by atoms with van der Waals surface area (Å²) in [5.41, 5.74) is 0. The van der Waals surface area contributed by atoms with Crippen LogP contribution in [0.1, 0.15) is 46.0 Å². The molecule has 1 saturated heterocycles. The van der Waals surface area contributed by atoms with Crippen LogP contribution in [0, 0.1) is 11.8 Å². The summed E-state index contributed by atoms with van der Waals surface area (Å²) in [7, 11) is 0. The van der Waals surface area contributed by atoms with Crippen molar-refractivity contribution in [3.8, 4) is 0 Å². The molecule has 0 spiro atoms. The van der Waals surface area contributed by atoms with E-state index < -0.39 is 12.1 Å². The van der Waals surface area contributed by atoms with Gasteiger partial charge in [-0.05, 0) is 38.5 Å². The van der Waals surface area contributed by atoms with Gasteiger partial charge in [0.1, 0.15) is 0 Å². The van der Waals surface area contributed by atoms with Gasteiger partial charge in [0, 0.05) is 12.5 Å². The second-order valence-electron chi connectivity index (χ2n) is 6.14. The Morgan fingerprint density at radius 1 is 1.20 bits per heavy atom. The summed E-state index contributed by atoms with van der Waals surface area (Å²) in [6.45, 7) is 4.72. The largest absolute Gasteiger partial charge is 0.479 e. The van der Waals surface area contributed by atoms with Crippen molar-refractivity contribution in [3.63, 3.8) is 0 Å².